The van der Waals surface area contributed by atoms with E-state index in [1.54, 1.807) is 12.1 Å². The maximum absolute atomic E-state index is 13.4. The van der Waals surface area contributed by atoms with E-state index in [-0.39, 0.29) is 16.6 Å². The van der Waals surface area contributed by atoms with Crippen molar-refractivity contribution in [3.05, 3.63) is 76.2 Å². The molecule has 11 heteroatoms. The van der Waals surface area contributed by atoms with Gasteiger partial charge in [-0.1, -0.05) is 35.3 Å². The van der Waals surface area contributed by atoms with Gasteiger partial charge in [0.2, 0.25) is 0 Å². The summed E-state index contributed by atoms with van der Waals surface area (Å²) in [5.74, 6) is 0. The number of benzene rings is 2. The molecule has 2 aromatic carbocycles. The zero-order valence-electron chi connectivity index (χ0n) is 15.1. The van der Waals surface area contributed by atoms with Crippen molar-refractivity contribution in [1.82, 2.24) is 14.5 Å². The molecule has 0 aliphatic rings. The zero-order valence-corrected chi connectivity index (χ0v) is 16.6. The summed E-state index contributed by atoms with van der Waals surface area (Å²) in [5.41, 5.74) is -2.45. The van der Waals surface area contributed by atoms with Gasteiger partial charge in [-0.2, -0.15) is 26.3 Å². The van der Waals surface area contributed by atoms with E-state index in [2.05, 4.69) is 9.97 Å². The highest BCUT2D eigenvalue weighted by atomic mass is 35.5. The molecule has 3 nitrogen and oxygen atoms in total. The van der Waals surface area contributed by atoms with Crippen molar-refractivity contribution in [3.63, 3.8) is 0 Å². The molecule has 0 bridgehead atoms. The topological polar surface area (TPSA) is 30.7 Å². The van der Waals surface area contributed by atoms with Crippen molar-refractivity contribution in [2.75, 3.05) is 0 Å². The molecule has 0 saturated carbocycles. The molecule has 0 aliphatic carbocycles. The van der Waals surface area contributed by atoms with Crippen molar-refractivity contribution in [3.8, 4) is 16.9 Å². The molecular formula is C20H9Cl2F6N3. The minimum Gasteiger partial charge on any atom is -0.299 e. The molecule has 0 atom stereocenters. The van der Waals surface area contributed by atoms with Gasteiger partial charge in [-0.3, -0.25) is 9.55 Å². The van der Waals surface area contributed by atoms with Crippen molar-refractivity contribution in [1.29, 1.82) is 0 Å². The number of halogens is 8. The molecule has 0 unspecified atom stereocenters. The monoisotopic (exact) mass is 475 g/mol. The first kappa shape index (κ1) is 21.5. The van der Waals surface area contributed by atoms with Crippen molar-refractivity contribution >= 4 is 34.2 Å². The molecule has 0 amide bonds. The van der Waals surface area contributed by atoms with E-state index in [4.69, 9.17) is 23.2 Å². The van der Waals surface area contributed by atoms with Crippen LogP contribution in [0.25, 0.3) is 28.0 Å². The van der Waals surface area contributed by atoms with Crippen LogP contribution < -0.4 is 0 Å². The Hall–Kier alpha value is -2.78. The van der Waals surface area contributed by atoms with E-state index in [0.717, 1.165) is 10.9 Å². The van der Waals surface area contributed by atoms with Gasteiger partial charge in [-0.05, 0) is 30.3 Å². The molecule has 2 heterocycles. The van der Waals surface area contributed by atoms with Crippen LogP contribution >= 0.6 is 23.2 Å². The molecule has 0 radical (unpaired) electrons. The largest absolute Gasteiger partial charge is 0.418 e. The predicted octanol–water partition coefficient (Wildman–Crippen LogP) is 7.43. The quantitative estimate of drug-likeness (QED) is 0.282. The third-order valence-electron chi connectivity index (χ3n) is 4.51. The minimum absolute atomic E-state index is 0.0664. The molecule has 160 valence electrons. The minimum atomic E-state index is -5.00. The van der Waals surface area contributed by atoms with E-state index in [9.17, 15) is 26.3 Å². The molecule has 0 saturated heterocycles. The Morgan fingerprint density at radius 3 is 2.06 bits per heavy atom. The Bertz CT molecular complexity index is 1280. The fourth-order valence-electron chi connectivity index (χ4n) is 3.11. The number of rotatable bonds is 2. The van der Waals surface area contributed by atoms with Gasteiger partial charge in [0.15, 0.2) is 0 Å². The maximum atomic E-state index is 13.4. The number of imidazole rings is 1. The summed E-state index contributed by atoms with van der Waals surface area (Å²) in [6, 6.07) is 8.40. The van der Waals surface area contributed by atoms with E-state index in [1.165, 1.54) is 24.4 Å². The molecule has 4 rings (SSSR count). The SMILES string of the molecule is FC(F)(F)c1cc(C(F)(F)F)c2ncn(-c3ccc(-c4ncc(Cl)cc4Cl)cc3)c2c1. The zero-order chi connectivity index (χ0) is 22.6. The summed E-state index contributed by atoms with van der Waals surface area (Å²) in [5, 5.41) is 0.633. The van der Waals surface area contributed by atoms with Gasteiger partial charge in [0, 0.05) is 17.4 Å². The Balaban J connectivity index is 1.85. The van der Waals surface area contributed by atoms with Gasteiger partial charge in [0.05, 0.1) is 32.4 Å². The summed E-state index contributed by atoms with van der Waals surface area (Å²) in [7, 11) is 0. The number of hydrogen-bond donors (Lipinski definition) is 0. The Kier molecular flexibility index (Phi) is 5.13. The van der Waals surface area contributed by atoms with Gasteiger partial charge in [0.25, 0.3) is 0 Å². The normalized spacial score (nSPS) is 12.5. The van der Waals surface area contributed by atoms with Gasteiger partial charge < -0.3 is 0 Å². The summed E-state index contributed by atoms with van der Waals surface area (Å²) in [4.78, 5) is 7.85. The second kappa shape index (κ2) is 7.42. The molecule has 31 heavy (non-hydrogen) atoms. The van der Waals surface area contributed by atoms with Gasteiger partial charge in [-0.15, -0.1) is 0 Å². The van der Waals surface area contributed by atoms with Gasteiger partial charge in [-0.25, -0.2) is 4.98 Å². The molecule has 2 aromatic heterocycles. The van der Waals surface area contributed by atoms with E-state index < -0.39 is 29.0 Å². The smallest absolute Gasteiger partial charge is 0.299 e. The lowest BCUT2D eigenvalue weighted by molar-refractivity contribution is -0.142. The number of pyridine rings is 1. The van der Waals surface area contributed by atoms with E-state index in [1.807, 2.05) is 0 Å². The van der Waals surface area contributed by atoms with Crippen molar-refractivity contribution in [2.24, 2.45) is 0 Å². The lowest BCUT2D eigenvalue weighted by atomic mass is 10.1. The van der Waals surface area contributed by atoms with Crippen LogP contribution in [-0.2, 0) is 12.4 Å². The molecule has 4 aromatic rings. The number of nitrogens with zero attached hydrogens (tertiary/aromatic N) is 3. The first-order valence-electron chi connectivity index (χ1n) is 8.52. The van der Waals surface area contributed by atoms with Crippen LogP contribution in [0.3, 0.4) is 0 Å². The average molecular weight is 476 g/mol. The first-order valence-corrected chi connectivity index (χ1v) is 9.28. The summed E-state index contributed by atoms with van der Waals surface area (Å²) >= 11 is 12.0. The third kappa shape index (κ3) is 4.07. The van der Waals surface area contributed by atoms with Gasteiger partial charge in [0.1, 0.15) is 11.8 Å². The van der Waals surface area contributed by atoms with E-state index in [0.29, 0.717) is 28.0 Å². The predicted molar refractivity (Wildman–Crippen MR) is 104 cm³/mol. The number of aromatic nitrogens is 3. The number of hydrogen-bond acceptors (Lipinski definition) is 2. The van der Waals surface area contributed by atoms with Crippen molar-refractivity contribution < 1.29 is 26.3 Å². The van der Waals surface area contributed by atoms with Crippen LogP contribution in [0.15, 0.2) is 55.0 Å². The van der Waals surface area contributed by atoms with E-state index >= 15 is 0 Å². The highest BCUT2D eigenvalue weighted by Crippen LogP contribution is 2.40. The molecular weight excluding hydrogens is 467 g/mol. The van der Waals surface area contributed by atoms with Crippen LogP contribution in [0, 0.1) is 0 Å². The highest BCUT2D eigenvalue weighted by molar-refractivity contribution is 6.36. The summed E-state index contributed by atoms with van der Waals surface area (Å²) < 4.78 is 80.8. The first-order chi connectivity index (χ1) is 14.4. The Morgan fingerprint density at radius 2 is 1.48 bits per heavy atom. The van der Waals surface area contributed by atoms with Crippen LogP contribution in [-0.4, -0.2) is 14.5 Å². The third-order valence-corrected chi connectivity index (χ3v) is 5.01. The van der Waals surface area contributed by atoms with Crippen LogP contribution in [0.5, 0.6) is 0 Å². The average Bonchev–Trinajstić information content (AvgIpc) is 3.10. The summed E-state index contributed by atoms with van der Waals surface area (Å²) in [6.07, 6.45) is -7.51. The van der Waals surface area contributed by atoms with Crippen LogP contribution in [0.4, 0.5) is 26.3 Å². The second-order valence-electron chi connectivity index (χ2n) is 6.53. The summed E-state index contributed by atoms with van der Waals surface area (Å²) in [6.45, 7) is 0. The maximum Gasteiger partial charge on any atom is 0.418 e. The second-order valence-corrected chi connectivity index (χ2v) is 7.38. The molecule has 0 spiro atoms. The molecule has 0 aliphatic heterocycles. The fraction of sp³-hybridized carbons (Fsp3) is 0.100. The number of alkyl halides is 6. The van der Waals surface area contributed by atoms with Crippen molar-refractivity contribution in [2.45, 2.75) is 12.4 Å². The standard InChI is InChI=1S/C20H9Cl2F6N3/c21-12-7-15(22)17(29-8-12)10-1-3-13(4-2-10)31-9-30-18-14(20(26,27)28)5-11(6-16(18)31)19(23,24)25/h1-9H. The molecule has 0 N–H and O–H groups in total. The van der Waals surface area contributed by atoms with Gasteiger partial charge >= 0.3 is 12.4 Å². The lowest BCUT2D eigenvalue weighted by Crippen LogP contribution is -2.11. The Labute approximate surface area is 180 Å². The molecule has 0 fully saturated rings. The lowest BCUT2D eigenvalue weighted by Gasteiger charge is -2.13. The number of fused-ring (bicyclic) bond motifs is 1. The van der Waals surface area contributed by atoms with Crippen LogP contribution in [0.1, 0.15) is 11.1 Å². The fourth-order valence-corrected chi connectivity index (χ4v) is 3.60. The van der Waals surface area contributed by atoms with Crippen LogP contribution in [0.2, 0.25) is 10.0 Å². The Morgan fingerprint density at radius 1 is 0.806 bits per heavy atom. The highest BCUT2D eigenvalue weighted by Gasteiger charge is 2.39.